The zero-order valence-electron chi connectivity index (χ0n) is 14.2. The minimum absolute atomic E-state index is 0.0541. The number of hydrogen-bond donors (Lipinski definition) is 1. The van der Waals surface area contributed by atoms with Gasteiger partial charge in [-0.25, -0.2) is 4.98 Å². The van der Waals surface area contributed by atoms with Gasteiger partial charge in [-0.05, 0) is 24.6 Å². The summed E-state index contributed by atoms with van der Waals surface area (Å²) < 4.78 is 4.78. The number of rotatable bonds is 7. The molecular weight excluding hydrogens is 356 g/mol. The SMILES string of the molecule is CCOC(=O)CCC(=O)c1nc(Cc2ccccc2Cl)cc(C#N)c1O. The van der Waals surface area contributed by atoms with Gasteiger partial charge in [-0.2, -0.15) is 5.26 Å². The molecule has 0 atom stereocenters. The van der Waals surface area contributed by atoms with Crippen molar-refractivity contribution in [3.63, 3.8) is 0 Å². The highest BCUT2D eigenvalue weighted by molar-refractivity contribution is 6.31. The smallest absolute Gasteiger partial charge is 0.306 e. The molecule has 0 amide bonds. The molecule has 6 nitrogen and oxygen atoms in total. The van der Waals surface area contributed by atoms with E-state index in [1.165, 1.54) is 6.07 Å². The predicted octanol–water partition coefficient (Wildman–Crippen LogP) is 3.43. The fourth-order valence-corrected chi connectivity index (χ4v) is 2.57. The summed E-state index contributed by atoms with van der Waals surface area (Å²) in [6, 6.07) is 10.4. The van der Waals surface area contributed by atoms with E-state index in [9.17, 15) is 20.0 Å². The topological polar surface area (TPSA) is 100 Å². The van der Waals surface area contributed by atoms with Gasteiger partial charge < -0.3 is 9.84 Å². The summed E-state index contributed by atoms with van der Waals surface area (Å²) in [7, 11) is 0. The van der Waals surface area contributed by atoms with Gasteiger partial charge in [0.1, 0.15) is 11.8 Å². The second kappa shape index (κ2) is 8.97. The Morgan fingerprint density at radius 1 is 1.31 bits per heavy atom. The molecule has 1 aromatic heterocycles. The van der Waals surface area contributed by atoms with E-state index in [2.05, 4.69) is 4.98 Å². The highest BCUT2D eigenvalue weighted by Gasteiger charge is 2.20. The first-order valence-electron chi connectivity index (χ1n) is 8.01. The van der Waals surface area contributed by atoms with Crippen LogP contribution in [-0.2, 0) is 16.0 Å². The molecule has 7 heteroatoms. The second-order valence-corrected chi connectivity index (χ2v) is 5.87. The molecule has 0 saturated heterocycles. The number of aromatic nitrogens is 1. The van der Waals surface area contributed by atoms with E-state index in [0.29, 0.717) is 17.1 Å². The van der Waals surface area contributed by atoms with Crippen LogP contribution in [0.25, 0.3) is 0 Å². The quantitative estimate of drug-likeness (QED) is 0.590. The summed E-state index contributed by atoms with van der Waals surface area (Å²) in [6.45, 7) is 1.90. The fourth-order valence-electron chi connectivity index (χ4n) is 2.37. The molecule has 1 heterocycles. The third-order valence-corrected chi connectivity index (χ3v) is 3.99. The van der Waals surface area contributed by atoms with E-state index in [4.69, 9.17) is 16.3 Å². The number of nitriles is 1. The van der Waals surface area contributed by atoms with Crippen molar-refractivity contribution in [2.45, 2.75) is 26.2 Å². The standard InChI is InChI=1S/C19H17ClN2O4/c1-2-26-17(24)8-7-16(23)18-19(25)13(11-21)10-14(22-18)9-12-5-3-4-6-15(12)20/h3-6,10,25H,2,7-9H2,1H3. The molecule has 1 N–H and O–H groups in total. The number of Topliss-reactive ketones (excluding diaryl/α,β-unsaturated/α-hetero) is 1. The number of benzene rings is 1. The molecule has 0 unspecified atom stereocenters. The van der Waals surface area contributed by atoms with E-state index in [0.717, 1.165) is 5.56 Å². The monoisotopic (exact) mass is 372 g/mol. The van der Waals surface area contributed by atoms with Gasteiger partial charge in [-0.3, -0.25) is 9.59 Å². The Morgan fingerprint density at radius 2 is 2.04 bits per heavy atom. The van der Waals surface area contributed by atoms with Gasteiger partial charge in [-0.1, -0.05) is 29.8 Å². The molecule has 0 aliphatic rings. The zero-order chi connectivity index (χ0) is 19.1. The lowest BCUT2D eigenvalue weighted by molar-refractivity contribution is -0.143. The maximum Gasteiger partial charge on any atom is 0.306 e. The van der Waals surface area contributed by atoms with Crippen molar-refractivity contribution >= 4 is 23.4 Å². The van der Waals surface area contributed by atoms with Crippen LogP contribution in [0.15, 0.2) is 30.3 Å². The Kier molecular flexibility index (Phi) is 6.70. The van der Waals surface area contributed by atoms with Crippen LogP contribution < -0.4 is 0 Å². The third kappa shape index (κ3) is 4.80. The molecule has 2 aromatic rings. The largest absolute Gasteiger partial charge is 0.504 e. The molecule has 0 radical (unpaired) electrons. The molecule has 1 aromatic carbocycles. The van der Waals surface area contributed by atoms with Crippen LogP contribution in [0.5, 0.6) is 5.75 Å². The number of esters is 1. The molecular formula is C19H17ClN2O4. The van der Waals surface area contributed by atoms with Crippen molar-refractivity contribution in [3.8, 4) is 11.8 Å². The van der Waals surface area contributed by atoms with E-state index < -0.39 is 17.5 Å². The summed E-state index contributed by atoms with van der Waals surface area (Å²) in [5.41, 5.74) is 0.921. The van der Waals surface area contributed by atoms with Gasteiger partial charge in [0.15, 0.2) is 11.5 Å². The van der Waals surface area contributed by atoms with Crippen LogP contribution in [0.2, 0.25) is 5.02 Å². The molecule has 0 spiro atoms. The van der Waals surface area contributed by atoms with Crippen LogP contribution in [0.1, 0.15) is 47.1 Å². The third-order valence-electron chi connectivity index (χ3n) is 3.62. The van der Waals surface area contributed by atoms with E-state index >= 15 is 0 Å². The normalized spacial score (nSPS) is 10.2. The number of carbonyl (C=O) groups is 2. The minimum Gasteiger partial charge on any atom is -0.504 e. The van der Waals surface area contributed by atoms with Crippen molar-refractivity contribution in [1.29, 1.82) is 5.26 Å². The Bertz CT molecular complexity index is 874. The van der Waals surface area contributed by atoms with Gasteiger partial charge in [0.25, 0.3) is 0 Å². The molecule has 0 saturated carbocycles. The lowest BCUT2D eigenvalue weighted by atomic mass is 10.0. The number of carbonyl (C=O) groups excluding carboxylic acids is 2. The number of ether oxygens (including phenoxy) is 1. The molecule has 0 bridgehead atoms. The van der Waals surface area contributed by atoms with Crippen LogP contribution >= 0.6 is 11.6 Å². The van der Waals surface area contributed by atoms with Crippen molar-refractivity contribution in [2.24, 2.45) is 0 Å². The highest BCUT2D eigenvalue weighted by Crippen LogP contribution is 2.25. The highest BCUT2D eigenvalue weighted by atomic mass is 35.5. The van der Waals surface area contributed by atoms with Gasteiger partial charge >= 0.3 is 5.97 Å². The number of nitrogens with zero attached hydrogens (tertiary/aromatic N) is 2. The van der Waals surface area contributed by atoms with Gasteiger partial charge in [0.05, 0.1) is 18.6 Å². The lowest BCUT2D eigenvalue weighted by Crippen LogP contribution is -2.11. The first-order chi connectivity index (χ1) is 12.5. The van der Waals surface area contributed by atoms with Gasteiger partial charge in [-0.15, -0.1) is 0 Å². The van der Waals surface area contributed by atoms with Crippen LogP contribution in [0.3, 0.4) is 0 Å². The van der Waals surface area contributed by atoms with Crippen molar-refractivity contribution in [3.05, 3.63) is 57.9 Å². The van der Waals surface area contributed by atoms with Gasteiger partial charge in [0.2, 0.25) is 0 Å². The average molecular weight is 373 g/mol. The summed E-state index contributed by atoms with van der Waals surface area (Å²) >= 11 is 6.14. The minimum atomic E-state index is -0.534. The average Bonchev–Trinajstić information content (AvgIpc) is 2.63. The summed E-state index contributed by atoms with van der Waals surface area (Å²) in [5.74, 6) is -1.52. The molecule has 2 rings (SSSR count). The number of pyridine rings is 1. The molecule has 0 aliphatic heterocycles. The van der Waals surface area contributed by atoms with Crippen molar-refractivity contribution < 1.29 is 19.4 Å². The Morgan fingerprint density at radius 3 is 2.69 bits per heavy atom. The summed E-state index contributed by atoms with van der Waals surface area (Å²) in [6.07, 6.45) is 0.0109. The predicted molar refractivity (Wildman–Crippen MR) is 95.1 cm³/mol. The maximum absolute atomic E-state index is 12.3. The van der Waals surface area contributed by atoms with Crippen molar-refractivity contribution in [1.82, 2.24) is 4.98 Å². The first-order valence-corrected chi connectivity index (χ1v) is 8.39. The molecule has 134 valence electrons. The lowest BCUT2D eigenvalue weighted by Gasteiger charge is -2.09. The van der Waals surface area contributed by atoms with Gasteiger partial charge in [0, 0.05) is 23.6 Å². The molecule has 0 fully saturated rings. The van der Waals surface area contributed by atoms with E-state index in [-0.39, 0.29) is 30.7 Å². The fraction of sp³-hybridized carbons (Fsp3) is 0.263. The zero-order valence-corrected chi connectivity index (χ0v) is 14.9. The molecule has 26 heavy (non-hydrogen) atoms. The maximum atomic E-state index is 12.3. The number of ketones is 1. The van der Waals surface area contributed by atoms with Crippen LogP contribution in [0, 0.1) is 11.3 Å². The number of aromatic hydroxyl groups is 1. The summed E-state index contributed by atoms with van der Waals surface area (Å²) in [5, 5.41) is 19.9. The molecule has 0 aliphatic carbocycles. The van der Waals surface area contributed by atoms with E-state index in [1.54, 1.807) is 19.1 Å². The first kappa shape index (κ1) is 19.4. The number of halogens is 1. The van der Waals surface area contributed by atoms with Crippen LogP contribution in [0.4, 0.5) is 0 Å². The van der Waals surface area contributed by atoms with Crippen LogP contribution in [-0.4, -0.2) is 28.4 Å². The Labute approximate surface area is 156 Å². The number of hydrogen-bond acceptors (Lipinski definition) is 6. The summed E-state index contributed by atoms with van der Waals surface area (Å²) in [4.78, 5) is 27.9. The Balaban J connectivity index is 2.28. The van der Waals surface area contributed by atoms with Crippen molar-refractivity contribution in [2.75, 3.05) is 6.61 Å². The van der Waals surface area contributed by atoms with E-state index in [1.807, 2.05) is 18.2 Å². The Hall–Kier alpha value is -2.91. The second-order valence-electron chi connectivity index (χ2n) is 5.47.